The molecule has 0 unspecified atom stereocenters. The normalized spacial score (nSPS) is 16.2. The lowest BCUT2D eigenvalue weighted by atomic mass is 10.1. The second kappa shape index (κ2) is 8.53. The maximum Gasteiger partial charge on any atom is 0.243 e. The highest BCUT2D eigenvalue weighted by Gasteiger charge is 2.31. The van der Waals surface area contributed by atoms with E-state index in [4.69, 9.17) is 14.5 Å². The number of hydrogen-bond donors (Lipinski definition) is 0. The molecule has 0 aliphatic carbocycles. The number of nitrogens with zero attached hydrogens (tertiary/aromatic N) is 3. The third kappa shape index (κ3) is 4.07. The van der Waals surface area contributed by atoms with Crippen LogP contribution in [0.4, 0.5) is 5.69 Å². The van der Waals surface area contributed by atoms with E-state index in [1.165, 1.54) is 4.31 Å². The van der Waals surface area contributed by atoms with Crippen LogP contribution >= 0.6 is 0 Å². The molecule has 5 rings (SSSR count). The number of aryl methyl sites for hydroxylation is 1. The van der Waals surface area contributed by atoms with Crippen molar-refractivity contribution in [1.82, 2.24) is 9.21 Å². The predicted octanol–water partition coefficient (Wildman–Crippen LogP) is 4.19. The molecule has 2 heterocycles. The van der Waals surface area contributed by atoms with E-state index in [1.54, 1.807) is 31.4 Å². The fourth-order valence-electron chi connectivity index (χ4n) is 4.11. The Bertz CT molecular complexity index is 1310. The van der Waals surface area contributed by atoms with E-state index >= 15 is 0 Å². The third-order valence-corrected chi connectivity index (χ3v) is 7.82. The van der Waals surface area contributed by atoms with Crippen LogP contribution in [0.15, 0.2) is 76.6 Å². The summed E-state index contributed by atoms with van der Waals surface area (Å²) in [7, 11) is -1.90. The van der Waals surface area contributed by atoms with E-state index in [0.717, 1.165) is 22.6 Å². The highest BCUT2D eigenvalue weighted by molar-refractivity contribution is 7.89. The molecule has 0 N–H and O–H groups in total. The van der Waals surface area contributed by atoms with Gasteiger partial charge in [-0.3, -0.25) is 0 Å². The molecular formula is C25H25N3O4S. The van der Waals surface area contributed by atoms with Crippen molar-refractivity contribution in [3.05, 3.63) is 77.9 Å². The van der Waals surface area contributed by atoms with Crippen LogP contribution in [-0.2, 0) is 10.0 Å². The SMILES string of the molecule is COc1ccc2c(c1)C(N1CCN(S(=O)(=O)c3ccccc3)CC1)=Nc1ccc(C)cc1O2. The van der Waals surface area contributed by atoms with Gasteiger partial charge in [0.15, 0.2) is 5.75 Å². The van der Waals surface area contributed by atoms with Gasteiger partial charge in [0.05, 0.1) is 17.6 Å². The summed E-state index contributed by atoms with van der Waals surface area (Å²) in [5.41, 5.74) is 2.65. The number of hydrogen-bond acceptors (Lipinski definition) is 6. The van der Waals surface area contributed by atoms with Crippen molar-refractivity contribution < 1.29 is 17.9 Å². The van der Waals surface area contributed by atoms with Gasteiger partial charge in [0, 0.05) is 26.2 Å². The zero-order valence-electron chi connectivity index (χ0n) is 18.6. The summed E-state index contributed by atoms with van der Waals surface area (Å²) in [6.45, 7) is 3.79. The first kappa shape index (κ1) is 21.5. The molecule has 0 spiro atoms. The average molecular weight is 464 g/mol. The molecule has 0 saturated carbocycles. The summed E-state index contributed by atoms with van der Waals surface area (Å²) >= 11 is 0. The average Bonchev–Trinajstić information content (AvgIpc) is 3.00. The summed E-state index contributed by atoms with van der Waals surface area (Å²) in [5, 5.41) is 0. The van der Waals surface area contributed by atoms with Crippen LogP contribution in [0.2, 0.25) is 0 Å². The van der Waals surface area contributed by atoms with Crippen molar-refractivity contribution >= 4 is 21.5 Å². The molecular weight excluding hydrogens is 438 g/mol. The van der Waals surface area contributed by atoms with Crippen LogP contribution in [0, 0.1) is 6.92 Å². The molecule has 0 aromatic heterocycles. The zero-order chi connectivity index (χ0) is 23.0. The number of aliphatic imine (C=N–C) groups is 1. The van der Waals surface area contributed by atoms with Gasteiger partial charge in [0.2, 0.25) is 10.0 Å². The first-order chi connectivity index (χ1) is 16.0. The minimum Gasteiger partial charge on any atom is -0.497 e. The Hall–Kier alpha value is -3.36. The summed E-state index contributed by atoms with van der Waals surface area (Å²) in [5.74, 6) is 2.85. The molecule has 0 amide bonds. The number of benzene rings is 3. The van der Waals surface area contributed by atoms with Gasteiger partial charge in [-0.2, -0.15) is 4.31 Å². The van der Waals surface area contributed by atoms with Gasteiger partial charge in [-0.05, 0) is 55.0 Å². The highest BCUT2D eigenvalue weighted by atomic mass is 32.2. The molecule has 8 heteroatoms. The standard InChI is InChI=1S/C25H25N3O4S/c1-18-8-10-22-24(16-18)32-23-11-9-19(31-2)17-21(23)25(26-22)27-12-14-28(15-13-27)33(29,30)20-6-4-3-5-7-20/h3-11,16-17H,12-15H2,1-2H3. The van der Waals surface area contributed by atoms with Crippen LogP contribution in [0.1, 0.15) is 11.1 Å². The minimum atomic E-state index is -3.53. The Morgan fingerprint density at radius 1 is 0.909 bits per heavy atom. The van der Waals surface area contributed by atoms with Gasteiger partial charge >= 0.3 is 0 Å². The van der Waals surface area contributed by atoms with Crippen molar-refractivity contribution in [3.63, 3.8) is 0 Å². The maximum atomic E-state index is 13.0. The van der Waals surface area contributed by atoms with Crippen LogP contribution in [0.5, 0.6) is 17.2 Å². The van der Waals surface area contributed by atoms with Crippen molar-refractivity contribution in [2.45, 2.75) is 11.8 Å². The fourth-order valence-corrected chi connectivity index (χ4v) is 5.55. The van der Waals surface area contributed by atoms with E-state index in [-0.39, 0.29) is 0 Å². The molecule has 3 aromatic carbocycles. The van der Waals surface area contributed by atoms with E-state index in [0.29, 0.717) is 48.3 Å². The molecule has 3 aromatic rings. The van der Waals surface area contributed by atoms with Crippen molar-refractivity contribution in [3.8, 4) is 17.2 Å². The Kier molecular flexibility index (Phi) is 5.55. The first-order valence-corrected chi connectivity index (χ1v) is 12.3. The highest BCUT2D eigenvalue weighted by Crippen LogP contribution is 2.40. The fraction of sp³-hybridized carbons (Fsp3) is 0.240. The van der Waals surface area contributed by atoms with E-state index in [2.05, 4.69) is 4.90 Å². The van der Waals surface area contributed by atoms with Gasteiger partial charge < -0.3 is 14.4 Å². The Balaban J connectivity index is 1.48. The number of methoxy groups -OCH3 is 1. The third-order valence-electron chi connectivity index (χ3n) is 5.91. The Morgan fingerprint density at radius 2 is 1.67 bits per heavy atom. The van der Waals surface area contributed by atoms with E-state index in [1.807, 2.05) is 49.4 Å². The van der Waals surface area contributed by atoms with Gasteiger partial charge in [-0.1, -0.05) is 24.3 Å². The summed E-state index contributed by atoms with van der Waals surface area (Å²) in [6.07, 6.45) is 0. The molecule has 0 bridgehead atoms. The van der Waals surface area contributed by atoms with Gasteiger partial charge in [-0.25, -0.2) is 13.4 Å². The lowest BCUT2D eigenvalue weighted by Gasteiger charge is -2.36. The molecule has 7 nitrogen and oxygen atoms in total. The van der Waals surface area contributed by atoms with E-state index < -0.39 is 10.0 Å². The predicted molar refractivity (Wildman–Crippen MR) is 127 cm³/mol. The largest absolute Gasteiger partial charge is 0.497 e. The number of piperazine rings is 1. The number of sulfonamides is 1. The van der Waals surface area contributed by atoms with Crippen molar-refractivity contribution in [2.24, 2.45) is 4.99 Å². The van der Waals surface area contributed by atoms with Gasteiger partial charge in [-0.15, -0.1) is 0 Å². The second-order valence-electron chi connectivity index (χ2n) is 8.07. The van der Waals surface area contributed by atoms with Crippen LogP contribution in [0.25, 0.3) is 0 Å². The topological polar surface area (TPSA) is 71.4 Å². The molecule has 2 aliphatic rings. The number of amidine groups is 1. The Labute approximate surface area is 193 Å². The number of fused-ring (bicyclic) bond motifs is 2. The van der Waals surface area contributed by atoms with Crippen molar-refractivity contribution in [1.29, 1.82) is 0 Å². The Morgan fingerprint density at radius 3 is 2.39 bits per heavy atom. The van der Waals surface area contributed by atoms with Crippen LogP contribution in [-0.4, -0.2) is 56.7 Å². The molecule has 1 saturated heterocycles. The molecule has 1 fully saturated rings. The zero-order valence-corrected chi connectivity index (χ0v) is 19.4. The van der Waals surface area contributed by atoms with Crippen LogP contribution in [0.3, 0.4) is 0 Å². The van der Waals surface area contributed by atoms with Crippen molar-refractivity contribution in [2.75, 3.05) is 33.3 Å². The summed E-state index contributed by atoms with van der Waals surface area (Å²) < 4.78 is 39.3. The van der Waals surface area contributed by atoms with Crippen LogP contribution < -0.4 is 9.47 Å². The molecule has 170 valence electrons. The molecule has 0 atom stereocenters. The molecule has 33 heavy (non-hydrogen) atoms. The lowest BCUT2D eigenvalue weighted by molar-refractivity contribution is 0.266. The first-order valence-electron chi connectivity index (χ1n) is 10.8. The molecule has 2 aliphatic heterocycles. The number of rotatable bonds is 3. The maximum absolute atomic E-state index is 13.0. The quantitative estimate of drug-likeness (QED) is 0.582. The van der Waals surface area contributed by atoms with Gasteiger partial charge in [0.1, 0.15) is 23.0 Å². The van der Waals surface area contributed by atoms with E-state index in [9.17, 15) is 8.42 Å². The van der Waals surface area contributed by atoms with Gasteiger partial charge in [0.25, 0.3) is 0 Å². The lowest BCUT2D eigenvalue weighted by Crippen LogP contribution is -2.50. The smallest absolute Gasteiger partial charge is 0.243 e. The molecule has 0 radical (unpaired) electrons. The monoisotopic (exact) mass is 463 g/mol. The number of ether oxygens (including phenoxy) is 2. The second-order valence-corrected chi connectivity index (χ2v) is 10.0. The summed E-state index contributed by atoms with van der Waals surface area (Å²) in [6, 6.07) is 20.2. The summed E-state index contributed by atoms with van der Waals surface area (Å²) in [4.78, 5) is 7.40. The minimum absolute atomic E-state index is 0.318.